The minimum absolute atomic E-state index is 0. The first-order valence-corrected chi connectivity index (χ1v) is 16.1. The number of aromatic nitrogens is 1. The number of hydrogen-bond acceptors (Lipinski definition) is 12. The molecule has 3 heterocycles. The van der Waals surface area contributed by atoms with Crippen molar-refractivity contribution >= 4 is 80.8 Å². The molecule has 1 saturated heterocycles. The second kappa shape index (κ2) is 17.0. The predicted molar refractivity (Wildman–Crippen MR) is 183 cm³/mol. The molecule has 0 aliphatic carbocycles. The second-order valence-electron chi connectivity index (χ2n) is 9.89. The van der Waals surface area contributed by atoms with Gasteiger partial charge in [-0.05, 0) is 41.3 Å². The number of urea groups is 1. The summed E-state index contributed by atoms with van der Waals surface area (Å²) < 4.78 is 31.3. The number of azo groups is 1. The number of primary amides is 1. The second-order valence-corrected chi connectivity index (χ2v) is 12.2. The number of anilines is 2. The van der Waals surface area contributed by atoms with Crippen LogP contribution in [0.1, 0.15) is 22.5 Å². The van der Waals surface area contributed by atoms with E-state index in [4.69, 9.17) is 21.8 Å². The topological polar surface area (TPSA) is 278 Å². The van der Waals surface area contributed by atoms with E-state index in [1.165, 1.54) is 11.3 Å². The summed E-state index contributed by atoms with van der Waals surface area (Å²) in [6.07, 6.45) is 0. The van der Waals surface area contributed by atoms with Crippen molar-refractivity contribution in [2.45, 2.75) is 18.1 Å². The fraction of sp³-hybridized carbons (Fsp3) is 0.138. The molecule has 3 unspecified atom stereocenters. The van der Waals surface area contributed by atoms with Crippen LogP contribution in [0, 0.1) is 0 Å². The molecule has 5 amide bonds. The molecule has 0 saturated carbocycles. The fourth-order valence-electron chi connectivity index (χ4n) is 4.17. The van der Waals surface area contributed by atoms with Gasteiger partial charge in [-0.1, -0.05) is 54.6 Å². The number of nitrogen functional groups attached to an aromatic ring is 2. The summed E-state index contributed by atoms with van der Waals surface area (Å²) in [7, 11) is -4.71. The van der Waals surface area contributed by atoms with Crippen molar-refractivity contribution in [1.29, 1.82) is 0 Å². The number of carbonyl (C=O) groups is 4. The van der Waals surface area contributed by atoms with Crippen LogP contribution in [-0.4, -0.2) is 58.6 Å². The van der Waals surface area contributed by atoms with Gasteiger partial charge in [-0.15, -0.1) is 28.9 Å². The lowest BCUT2D eigenvalue weighted by molar-refractivity contribution is -0.141. The van der Waals surface area contributed by atoms with Crippen molar-refractivity contribution in [1.82, 2.24) is 25.2 Å². The molecule has 10 N–H and O–H groups in total. The van der Waals surface area contributed by atoms with Crippen LogP contribution in [0.4, 0.5) is 27.8 Å². The van der Waals surface area contributed by atoms with E-state index in [-0.39, 0.29) is 22.5 Å². The highest BCUT2D eigenvalue weighted by atomic mass is 35.5. The fourth-order valence-corrected chi connectivity index (χ4v) is 5.64. The molecule has 1 fully saturated rings. The van der Waals surface area contributed by atoms with Crippen molar-refractivity contribution < 1.29 is 32.1 Å². The first-order chi connectivity index (χ1) is 22.8. The van der Waals surface area contributed by atoms with Crippen LogP contribution in [0.5, 0.6) is 0 Å². The zero-order chi connectivity index (χ0) is 34.8. The molecule has 20 heteroatoms. The highest BCUT2D eigenvalue weighted by molar-refractivity contribution is 7.84. The summed E-state index contributed by atoms with van der Waals surface area (Å²) in [5.41, 5.74) is 17.9. The molecule has 2 aromatic heterocycles. The predicted octanol–water partition coefficient (Wildman–Crippen LogP) is 2.53. The normalized spacial score (nSPS) is 15.0. The molecule has 1 aliphatic rings. The van der Waals surface area contributed by atoms with Gasteiger partial charge in [0, 0.05) is 4.88 Å². The van der Waals surface area contributed by atoms with Gasteiger partial charge in [-0.2, -0.15) is 13.5 Å². The molecular weight excluding hydrogens is 700 g/mol. The maximum Gasteiger partial charge on any atom is 0.362 e. The smallest absolute Gasteiger partial charge is 0.362 e. The number of halogens is 1. The minimum Gasteiger partial charge on any atom is -0.384 e. The average molecular weight is 731 g/mol. The molecule has 0 radical (unpaired) electrons. The largest absolute Gasteiger partial charge is 0.384 e. The van der Waals surface area contributed by atoms with E-state index in [1.54, 1.807) is 60.0 Å². The molecule has 3 atom stereocenters. The van der Waals surface area contributed by atoms with Gasteiger partial charge in [0.15, 0.2) is 5.82 Å². The van der Waals surface area contributed by atoms with Crippen molar-refractivity contribution in [2.24, 2.45) is 16.0 Å². The van der Waals surface area contributed by atoms with Gasteiger partial charge in [-0.25, -0.2) is 14.1 Å². The quantitative estimate of drug-likeness (QED) is 0.0711. The summed E-state index contributed by atoms with van der Waals surface area (Å²) in [6, 6.07) is 19.5. The molecule has 258 valence electrons. The van der Waals surface area contributed by atoms with E-state index in [0.717, 1.165) is 5.69 Å². The molecule has 4 aromatic rings. The zero-order valence-corrected chi connectivity index (χ0v) is 27.7. The highest BCUT2D eigenvalue weighted by Crippen LogP contribution is 2.24. The highest BCUT2D eigenvalue weighted by Gasteiger charge is 2.45. The van der Waals surface area contributed by atoms with Crippen molar-refractivity contribution in [3.05, 3.63) is 101 Å². The molecule has 17 nitrogen and oxygen atoms in total. The van der Waals surface area contributed by atoms with Crippen LogP contribution in [-0.2, 0) is 24.7 Å². The Labute approximate surface area is 290 Å². The molecule has 0 bridgehead atoms. The Kier molecular flexibility index (Phi) is 13.1. The first-order valence-electron chi connectivity index (χ1n) is 13.9. The SMILES string of the molecule is Cl.NC(=O)NC(C(=O)NC(C(=O)NC1CN(S(=O)(=O)O)C1=O)c1ccccc1)c1cccs1.Nc1ccc(N=Nc2ccccc2)c(N)n1. The maximum absolute atomic E-state index is 12.9. The van der Waals surface area contributed by atoms with Gasteiger partial charge in [0.25, 0.3) is 5.91 Å². The minimum atomic E-state index is -4.71. The Hall–Kier alpha value is -5.63. The van der Waals surface area contributed by atoms with E-state index in [0.29, 0.717) is 21.9 Å². The maximum atomic E-state index is 12.9. The molecule has 2 aromatic carbocycles. The number of benzene rings is 2. The molecule has 0 spiro atoms. The lowest BCUT2D eigenvalue weighted by Crippen LogP contribution is -2.66. The molecule has 5 rings (SSSR count). The summed E-state index contributed by atoms with van der Waals surface area (Å²) in [6.45, 7) is -0.445. The van der Waals surface area contributed by atoms with E-state index < -0.39 is 58.7 Å². The van der Waals surface area contributed by atoms with Gasteiger partial charge in [0.05, 0.1) is 12.2 Å². The summed E-state index contributed by atoms with van der Waals surface area (Å²) in [4.78, 5) is 53.5. The van der Waals surface area contributed by atoms with Crippen LogP contribution in [0.25, 0.3) is 0 Å². The van der Waals surface area contributed by atoms with Gasteiger partial charge < -0.3 is 33.2 Å². The number of carbonyl (C=O) groups excluding carboxylic acids is 4. The number of pyridine rings is 1. The van der Waals surface area contributed by atoms with E-state index in [2.05, 4.69) is 31.2 Å². The van der Waals surface area contributed by atoms with Crippen molar-refractivity contribution in [3.8, 4) is 0 Å². The lowest BCUT2D eigenvalue weighted by Gasteiger charge is -2.36. The molecular formula is C29H31ClN10O7S2. The Bertz CT molecular complexity index is 1900. The number of thiophene rings is 1. The van der Waals surface area contributed by atoms with E-state index in [9.17, 15) is 27.6 Å². The van der Waals surface area contributed by atoms with Crippen LogP contribution < -0.4 is 33.2 Å². The Morgan fingerprint density at radius 1 is 0.898 bits per heavy atom. The number of β-lactam (4-membered cyclic amide) rings is 1. The standard InChI is InChI=1S/C18H19N5O7S2.C11H11N5.ClH/c19-18(27)22-14(12-7-4-8-31-12)16(25)21-13(10-5-2-1-3-6-10)15(24)20-11-9-23(17(11)26)32(28,29)30;12-10-7-6-9(11(13)14-10)16-15-8-4-2-1-3-5-8;/h1-8,11,13-14H,9H2,(H,20,24)(H,21,25)(H3,19,22,27)(H,28,29,30);1-7H,(H4,12,13,14);1H. The Morgan fingerprint density at radius 3 is 2.10 bits per heavy atom. The Balaban J connectivity index is 0.000000321. The third-order valence-corrected chi connectivity index (χ3v) is 8.32. The van der Waals surface area contributed by atoms with Gasteiger partial charge in [0.1, 0.15) is 29.6 Å². The number of nitrogens with two attached hydrogens (primary N) is 3. The molecule has 49 heavy (non-hydrogen) atoms. The van der Waals surface area contributed by atoms with Crippen molar-refractivity contribution in [2.75, 3.05) is 18.0 Å². The summed E-state index contributed by atoms with van der Waals surface area (Å²) >= 11 is 1.20. The van der Waals surface area contributed by atoms with E-state index in [1.807, 2.05) is 30.3 Å². The zero-order valence-electron chi connectivity index (χ0n) is 25.2. The number of nitrogens with one attached hydrogen (secondary N) is 3. The van der Waals surface area contributed by atoms with Crippen molar-refractivity contribution in [3.63, 3.8) is 0 Å². The monoisotopic (exact) mass is 730 g/mol. The summed E-state index contributed by atoms with van der Waals surface area (Å²) in [5.74, 6) is -1.88. The van der Waals surface area contributed by atoms with Gasteiger partial charge >= 0.3 is 16.3 Å². The third-order valence-electron chi connectivity index (χ3n) is 6.50. The summed E-state index contributed by atoms with van der Waals surface area (Å²) in [5, 5.41) is 16.9. The first kappa shape index (κ1) is 37.8. The Morgan fingerprint density at radius 2 is 1.55 bits per heavy atom. The van der Waals surface area contributed by atoms with Crippen LogP contribution in [0.2, 0.25) is 0 Å². The average Bonchev–Trinajstić information content (AvgIpc) is 3.59. The van der Waals surface area contributed by atoms with E-state index >= 15 is 0 Å². The van der Waals surface area contributed by atoms with Gasteiger partial charge in [-0.3, -0.25) is 18.9 Å². The van der Waals surface area contributed by atoms with Crippen LogP contribution in [0.3, 0.4) is 0 Å². The lowest BCUT2D eigenvalue weighted by atomic mass is 10.0. The third kappa shape index (κ3) is 10.4. The van der Waals surface area contributed by atoms with Crippen LogP contribution in [0.15, 0.2) is 101 Å². The van der Waals surface area contributed by atoms with Crippen LogP contribution >= 0.6 is 23.7 Å². The number of rotatable bonds is 10. The molecule has 1 aliphatic heterocycles. The van der Waals surface area contributed by atoms with Gasteiger partial charge in [0.2, 0.25) is 11.8 Å². The number of amides is 5. The number of hydrogen-bond donors (Lipinski definition) is 7. The number of nitrogens with zero attached hydrogens (tertiary/aromatic N) is 4.